The van der Waals surface area contributed by atoms with Crippen molar-refractivity contribution in [2.75, 3.05) is 18.5 Å². The standard InChI is InChI=1S/C23H27N3O6/c1-4-25-20-11-6-16(22(29)31-5-2)12-21(20)26(23(25)30)13-18(28)14-32-19-9-7-17(8-10-19)24-15(3)27/h6-12,18,28H,4-5,13-14H2,1-3H3,(H,24,27)/t18-/m0/s1. The molecule has 0 unspecified atom stereocenters. The third-order valence-corrected chi connectivity index (χ3v) is 4.86. The Hall–Kier alpha value is -3.59. The molecule has 9 heteroatoms. The fourth-order valence-electron chi connectivity index (χ4n) is 3.44. The Balaban J connectivity index is 1.77. The number of carbonyl (C=O) groups excluding carboxylic acids is 2. The quantitative estimate of drug-likeness (QED) is 0.493. The predicted molar refractivity (Wildman–Crippen MR) is 120 cm³/mol. The molecule has 1 heterocycles. The van der Waals surface area contributed by atoms with Crippen LogP contribution in [0.5, 0.6) is 5.75 Å². The number of nitrogens with zero attached hydrogens (tertiary/aromatic N) is 2. The van der Waals surface area contributed by atoms with Crippen molar-refractivity contribution in [3.05, 3.63) is 58.5 Å². The zero-order chi connectivity index (χ0) is 23.3. The van der Waals surface area contributed by atoms with E-state index in [1.165, 1.54) is 11.5 Å². The second-order valence-corrected chi connectivity index (χ2v) is 7.23. The summed E-state index contributed by atoms with van der Waals surface area (Å²) in [5.74, 6) is -0.118. The van der Waals surface area contributed by atoms with Gasteiger partial charge in [-0.15, -0.1) is 0 Å². The molecule has 1 aromatic heterocycles. The van der Waals surface area contributed by atoms with Gasteiger partial charge in [0.1, 0.15) is 18.5 Å². The Morgan fingerprint density at radius 1 is 1.06 bits per heavy atom. The zero-order valence-corrected chi connectivity index (χ0v) is 18.3. The summed E-state index contributed by atoms with van der Waals surface area (Å²) in [5.41, 5.74) is 1.92. The molecule has 170 valence electrons. The lowest BCUT2D eigenvalue weighted by molar-refractivity contribution is -0.114. The molecule has 0 saturated carbocycles. The number of aliphatic hydroxyl groups excluding tert-OH is 1. The van der Waals surface area contributed by atoms with E-state index in [2.05, 4.69) is 5.32 Å². The van der Waals surface area contributed by atoms with Crippen molar-refractivity contribution in [2.45, 2.75) is 40.0 Å². The highest BCUT2D eigenvalue weighted by atomic mass is 16.5. The first-order chi connectivity index (χ1) is 15.3. The number of fused-ring (bicyclic) bond motifs is 1. The van der Waals surface area contributed by atoms with Crippen LogP contribution in [0, 0.1) is 0 Å². The van der Waals surface area contributed by atoms with E-state index in [0.29, 0.717) is 34.6 Å². The Morgan fingerprint density at radius 2 is 1.78 bits per heavy atom. The normalized spacial score (nSPS) is 11.9. The largest absolute Gasteiger partial charge is 0.491 e. The van der Waals surface area contributed by atoms with Gasteiger partial charge in [-0.2, -0.15) is 0 Å². The first kappa shape index (κ1) is 23.1. The minimum Gasteiger partial charge on any atom is -0.491 e. The van der Waals surface area contributed by atoms with Crippen molar-refractivity contribution >= 4 is 28.6 Å². The van der Waals surface area contributed by atoms with Crippen molar-refractivity contribution in [3.63, 3.8) is 0 Å². The van der Waals surface area contributed by atoms with Gasteiger partial charge < -0.3 is 19.9 Å². The summed E-state index contributed by atoms with van der Waals surface area (Å²) in [6, 6.07) is 11.7. The molecule has 0 aliphatic heterocycles. The molecule has 0 aliphatic rings. The highest BCUT2D eigenvalue weighted by Gasteiger charge is 2.18. The summed E-state index contributed by atoms with van der Waals surface area (Å²) in [6.45, 7) is 5.67. The Bertz CT molecular complexity index is 1160. The van der Waals surface area contributed by atoms with E-state index in [0.717, 1.165) is 0 Å². The molecule has 3 aromatic rings. The Morgan fingerprint density at radius 3 is 2.41 bits per heavy atom. The van der Waals surface area contributed by atoms with Gasteiger partial charge in [0.05, 0.1) is 29.7 Å². The summed E-state index contributed by atoms with van der Waals surface area (Å²) < 4.78 is 13.7. The lowest BCUT2D eigenvalue weighted by Crippen LogP contribution is -2.31. The van der Waals surface area contributed by atoms with Crippen LogP contribution in [0.4, 0.5) is 5.69 Å². The molecular formula is C23H27N3O6. The summed E-state index contributed by atoms with van der Waals surface area (Å²) in [6.07, 6.45) is -0.968. The molecule has 2 aromatic carbocycles. The molecule has 0 saturated heterocycles. The number of aromatic nitrogens is 2. The van der Waals surface area contributed by atoms with Crippen LogP contribution in [0.15, 0.2) is 47.3 Å². The van der Waals surface area contributed by atoms with Gasteiger partial charge in [-0.05, 0) is 56.3 Å². The highest BCUT2D eigenvalue weighted by Crippen LogP contribution is 2.18. The number of nitrogens with one attached hydrogen (secondary N) is 1. The van der Waals surface area contributed by atoms with Crippen molar-refractivity contribution in [1.82, 2.24) is 9.13 Å². The van der Waals surface area contributed by atoms with Crippen LogP contribution in [0.2, 0.25) is 0 Å². The average molecular weight is 441 g/mol. The first-order valence-electron chi connectivity index (χ1n) is 10.4. The number of esters is 1. The zero-order valence-electron chi connectivity index (χ0n) is 18.3. The van der Waals surface area contributed by atoms with Gasteiger partial charge in [0.25, 0.3) is 0 Å². The van der Waals surface area contributed by atoms with E-state index >= 15 is 0 Å². The summed E-state index contributed by atoms with van der Waals surface area (Å²) in [5, 5.41) is 13.2. The van der Waals surface area contributed by atoms with E-state index in [1.807, 2.05) is 6.92 Å². The Kier molecular flexibility index (Phi) is 7.32. The summed E-state index contributed by atoms with van der Waals surface area (Å²) >= 11 is 0. The molecule has 2 N–H and O–H groups in total. The van der Waals surface area contributed by atoms with E-state index in [-0.39, 0.29) is 31.4 Å². The monoisotopic (exact) mass is 441 g/mol. The summed E-state index contributed by atoms with van der Waals surface area (Å²) in [7, 11) is 0. The third kappa shape index (κ3) is 5.17. The van der Waals surface area contributed by atoms with Crippen LogP contribution in [0.3, 0.4) is 0 Å². The number of carbonyl (C=O) groups is 2. The third-order valence-electron chi connectivity index (χ3n) is 4.86. The molecule has 0 bridgehead atoms. The van der Waals surface area contributed by atoms with Gasteiger partial charge >= 0.3 is 11.7 Å². The minimum atomic E-state index is -0.968. The number of aryl methyl sites for hydroxylation is 1. The van der Waals surface area contributed by atoms with Crippen LogP contribution in [0.25, 0.3) is 11.0 Å². The summed E-state index contributed by atoms with van der Waals surface area (Å²) in [4.78, 5) is 36.1. The Labute approximate surface area is 185 Å². The first-order valence-corrected chi connectivity index (χ1v) is 10.4. The van der Waals surface area contributed by atoms with E-state index in [4.69, 9.17) is 9.47 Å². The fraction of sp³-hybridized carbons (Fsp3) is 0.348. The van der Waals surface area contributed by atoms with Crippen molar-refractivity contribution in [3.8, 4) is 5.75 Å². The molecule has 1 amide bonds. The number of benzene rings is 2. The highest BCUT2D eigenvalue weighted by molar-refractivity contribution is 5.93. The van der Waals surface area contributed by atoms with Gasteiger partial charge in [0.15, 0.2) is 0 Å². The SMILES string of the molecule is CCOC(=O)c1ccc2c(c1)n(C[C@H](O)COc1ccc(NC(C)=O)cc1)c(=O)n2CC. The molecule has 0 aliphatic carbocycles. The minimum absolute atomic E-state index is 0.00140. The number of aliphatic hydroxyl groups is 1. The van der Waals surface area contributed by atoms with Crippen LogP contribution >= 0.6 is 0 Å². The van der Waals surface area contributed by atoms with Crippen LogP contribution < -0.4 is 15.7 Å². The number of anilines is 1. The maximum atomic E-state index is 12.9. The number of hydrogen-bond donors (Lipinski definition) is 2. The maximum Gasteiger partial charge on any atom is 0.338 e. The lowest BCUT2D eigenvalue weighted by atomic mass is 10.2. The van der Waals surface area contributed by atoms with Crippen molar-refractivity contribution < 1.29 is 24.2 Å². The van der Waals surface area contributed by atoms with E-state index in [1.54, 1.807) is 54.0 Å². The molecule has 0 radical (unpaired) electrons. The van der Waals surface area contributed by atoms with Crippen molar-refractivity contribution in [2.24, 2.45) is 0 Å². The second-order valence-electron chi connectivity index (χ2n) is 7.23. The molecule has 0 fully saturated rings. The molecule has 32 heavy (non-hydrogen) atoms. The van der Waals surface area contributed by atoms with E-state index in [9.17, 15) is 19.5 Å². The maximum absolute atomic E-state index is 12.9. The van der Waals surface area contributed by atoms with Gasteiger partial charge in [-0.25, -0.2) is 9.59 Å². The number of hydrogen-bond acceptors (Lipinski definition) is 6. The van der Waals surface area contributed by atoms with Crippen LogP contribution in [-0.2, 0) is 22.6 Å². The van der Waals surface area contributed by atoms with Gasteiger partial charge in [-0.1, -0.05) is 0 Å². The van der Waals surface area contributed by atoms with Gasteiger partial charge in [0.2, 0.25) is 5.91 Å². The number of imidazole rings is 1. The number of ether oxygens (including phenoxy) is 2. The smallest absolute Gasteiger partial charge is 0.338 e. The van der Waals surface area contributed by atoms with Gasteiger partial charge in [-0.3, -0.25) is 13.9 Å². The topological polar surface area (TPSA) is 112 Å². The predicted octanol–water partition coefficient (Wildman–Crippen LogP) is 2.40. The number of amides is 1. The molecular weight excluding hydrogens is 414 g/mol. The van der Waals surface area contributed by atoms with E-state index < -0.39 is 12.1 Å². The van der Waals surface area contributed by atoms with Crippen LogP contribution in [-0.4, -0.2) is 45.4 Å². The average Bonchev–Trinajstić information content (AvgIpc) is 3.03. The molecule has 0 spiro atoms. The second kappa shape index (κ2) is 10.1. The number of rotatable bonds is 9. The van der Waals surface area contributed by atoms with Gasteiger partial charge in [0, 0.05) is 19.2 Å². The fourth-order valence-corrected chi connectivity index (χ4v) is 3.44. The molecule has 1 atom stereocenters. The molecule has 9 nitrogen and oxygen atoms in total. The molecule has 3 rings (SSSR count). The van der Waals surface area contributed by atoms with Crippen LogP contribution in [0.1, 0.15) is 31.1 Å². The lowest BCUT2D eigenvalue weighted by Gasteiger charge is -2.14. The van der Waals surface area contributed by atoms with Crippen molar-refractivity contribution in [1.29, 1.82) is 0 Å².